The smallest absolute Gasteiger partial charge is 0.294 e. The third kappa shape index (κ3) is 4.83. The number of para-hydroxylation sites is 3. The normalized spacial score (nSPS) is 10.6. The molecule has 0 radical (unpaired) electrons. The number of aromatic nitrogens is 2. The lowest BCUT2D eigenvalue weighted by Crippen LogP contribution is -2.27. The molecule has 0 aliphatic heterocycles. The van der Waals surface area contributed by atoms with Gasteiger partial charge in [-0.3, -0.25) is 19.7 Å². The van der Waals surface area contributed by atoms with Crippen molar-refractivity contribution in [2.24, 2.45) is 0 Å². The number of nitrogens with one attached hydrogen (secondary N) is 1. The van der Waals surface area contributed by atoms with Crippen molar-refractivity contribution in [1.82, 2.24) is 9.78 Å². The minimum Gasteiger partial charge on any atom is -0.319 e. The summed E-state index contributed by atoms with van der Waals surface area (Å²) >= 11 is 1.47. The number of nitro benzene ring substituents is 1. The molecule has 0 unspecified atom stereocenters. The Morgan fingerprint density at radius 3 is 2.42 bits per heavy atom. The first-order chi connectivity index (χ1) is 15.9. The van der Waals surface area contributed by atoms with E-state index in [-0.39, 0.29) is 17.1 Å². The van der Waals surface area contributed by atoms with Crippen LogP contribution in [0.2, 0.25) is 0 Å². The maximum Gasteiger partial charge on any atom is 0.294 e. The van der Waals surface area contributed by atoms with Gasteiger partial charge < -0.3 is 5.32 Å². The minimum atomic E-state index is -0.701. The van der Waals surface area contributed by atoms with Crippen molar-refractivity contribution in [3.05, 3.63) is 117 Å². The van der Waals surface area contributed by atoms with Gasteiger partial charge in [0.15, 0.2) is 5.69 Å². The van der Waals surface area contributed by atoms with Crippen LogP contribution in [0.25, 0.3) is 5.69 Å². The molecule has 0 atom stereocenters. The highest BCUT2D eigenvalue weighted by atomic mass is 32.2. The van der Waals surface area contributed by atoms with E-state index in [9.17, 15) is 19.7 Å². The summed E-state index contributed by atoms with van der Waals surface area (Å²) in [5, 5.41) is 18.4. The molecule has 1 N–H and O–H groups in total. The Hall–Kier alpha value is -4.24. The summed E-state index contributed by atoms with van der Waals surface area (Å²) in [5.41, 5.74) is -0.0747. The average molecular weight is 458 g/mol. The molecule has 0 bridgehead atoms. The lowest BCUT2D eigenvalue weighted by atomic mass is 10.2. The molecule has 1 heterocycles. The Balaban J connectivity index is 1.69. The molecule has 0 aliphatic rings. The largest absolute Gasteiger partial charge is 0.319 e. The molecule has 8 nitrogen and oxygen atoms in total. The zero-order chi connectivity index (χ0) is 23.4. The Morgan fingerprint density at radius 2 is 1.67 bits per heavy atom. The van der Waals surface area contributed by atoms with Crippen LogP contribution in [0, 0.1) is 17.0 Å². The molecule has 1 amide bonds. The second kappa shape index (κ2) is 9.49. The molecule has 33 heavy (non-hydrogen) atoms. The zero-order valence-corrected chi connectivity index (χ0v) is 18.3. The van der Waals surface area contributed by atoms with E-state index in [0.717, 1.165) is 9.79 Å². The molecule has 0 fully saturated rings. The van der Waals surface area contributed by atoms with Gasteiger partial charge in [-0.05, 0) is 37.3 Å². The molecule has 0 aliphatic carbocycles. The number of amides is 1. The highest BCUT2D eigenvalue weighted by molar-refractivity contribution is 7.99. The molecule has 9 heteroatoms. The van der Waals surface area contributed by atoms with Crippen molar-refractivity contribution >= 4 is 29.0 Å². The predicted octanol–water partition coefficient (Wildman–Crippen LogP) is 4.85. The van der Waals surface area contributed by atoms with Gasteiger partial charge in [0.2, 0.25) is 5.43 Å². The second-order valence-corrected chi connectivity index (χ2v) is 8.14. The van der Waals surface area contributed by atoms with Crippen LogP contribution in [0.4, 0.5) is 11.4 Å². The predicted molar refractivity (Wildman–Crippen MR) is 126 cm³/mol. The lowest BCUT2D eigenvalue weighted by molar-refractivity contribution is -0.384. The summed E-state index contributed by atoms with van der Waals surface area (Å²) in [4.78, 5) is 38.3. The summed E-state index contributed by atoms with van der Waals surface area (Å²) in [6, 6.07) is 24.1. The van der Waals surface area contributed by atoms with E-state index >= 15 is 0 Å². The van der Waals surface area contributed by atoms with E-state index < -0.39 is 16.3 Å². The van der Waals surface area contributed by atoms with Gasteiger partial charge in [0.1, 0.15) is 5.69 Å². The van der Waals surface area contributed by atoms with Crippen molar-refractivity contribution in [3.63, 3.8) is 0 Å². The van der Waals surface area contributed by atoms with Crippen LogP contribution in [0.3, 0.4) is 0 Å². The summed E-state index contributed by atoms with van der Waals surface area (Å²) in [5.74, 6) is -0.701. The highest BCUT2D eigenvalue weighted by Gasteiger charge is 2.21. The van der Waals surface area contributed by atoms with E-state index in [0.29, 0.717) is 11.4 Å². The number of benzene rings is 3. The number of rotatable bonds is 6. The van der Waals surface area contributed by atoms with Gasteiger partial charge in [-0.2, -0.15) is 5.10 Å². The van der Waals surface area contributed by atoms with Gasteiger partial charge in [-0.15, -0.1) is 0 Å². The monoisotopic (exact) mass is 458 g/mol. The maximum absolute atomic E-state index is 13.0. The van der Waals surface area contributed by atoms with Gasteiger partial charge in [0, 0.05) is 27.6 Å². The van der Waals surface area contributed by atoms with Gasteiger partial charge in [-0.25, -0.2) is 4.68 Å². The molecule has 0 saturated carbocycles. The van der Waals surface area contributed by atoms with E-state index in [1.807, 2.05) is 42.5 Å². The molecular formula is C24H18N4O4S. The molecule has 0 spiro atoms. The number of hydrogen-bond acceptors (Lipinski definition) is 6. The quantitative estimate of drug-likeness (QED) is 0.327. The van der Waals surface area contributed by atoms with Crippen LogP contribution in [-0.2, 0) is 0 Å². The van der Waals surface area contributed by atoms with Crippen LogP contribution in [0.15, 0.2) is 99.5 Å². The standard InChI is InChI=1S/C24H18N4O4S/c1-16-15-21(29)23(26-27(16)19-12-6-7-13-20(19)28(31)32)24(30)25-18-11-5-8-14-22(18)33-17-9-3-2-4-10-17/h2-15H,1H3,(H,25,30). The molecule has 1 aromatic heterocycles. The van der Waals surface area contributed by atoms with E-state index in [2.05, 4.69) is 10.4 Å². The number of nitro groups is 1. The second-order valence-electron chi connectivity index (χ2n) is 7.02. The van der Waals surface area contributed by atoms with Crippen molar-refractivity contribution in [1.29, 1.82) is 0 Å². The van der Waals surface area contributed by atoms with Crippen LogP contribution in [0.1, 0.15) is 16.2 Å². The number of aryl methyl sites for hydroxylation is 1. The van der Waals surface area contributed by atoms with Crippen LogP contribution < -0.4 is 10.7 Å². The van der Waals surface area contributed by atoms with E-state index in [1.54, 1.807) is 25.1 Å². The van der Waals surface area contributed by atoms with Crippen LogP contribution in [0.5, 0.6) is 0 Å². The van der Waals surface area contributed by atoms with Crippen molar-refractivity contribution < 1.29 is 9.72 Å². The van der Waals surface area contributed by atoms with Crippen LogP contribution >= 0.6 is 11.8 Å². The molecule has 4 aromatic rings. The Kier molecular flexibility index (Phi) is 6.32. The maximum atomic E-state index is 13.0. The first kappa shape index (κ1) is 22.0. The third-order valence-corrected chi connectivity index (χ3v) is 5.82. The summed E-state index contributed by atoms with van der Waals surface area (Å²) < 4.78 is 1.24. The van der Waals surface area contributed by atoms with Gasteiger partial charge >= 0.3 is 0 Å². The lowest BCUT2D eigenvalue weighted by Gasteiger charge is -2.13. The first-order valence-corrected chi connectivity index (χ1v) is 10.7. The fourth-order valence-corrected chi connectivity index (χ4v) is 4.12. The summed E-state index contributed by atoms with van der Waals surface area (Å²) in [7, 11) is 0. The summed E-state index contributed by atoms with van der Waals surface area (Å²) in [6.45, 7) is 1.60. The molecular weight excluding hydrogens is 440 g/mol. The average Bonchev–Trinajstić information content (AvgIpc) is 2.81. The fourth-order valence-electron chi connectivity index (χ4n) is 3.20. The van der Waals surface area contributed by atoms with Crippen molar-refractivity contribution in [3.8, 4) is 5.69 Å². The number of nitrogens with zero attached hydrogens (tertiary/aromatic N) is 3. The van der Waals surface area contributed by atoms with Gasteiger partial charge in [-0.1, -0.05) is 54.2 Å². The highest BCUT2D eigenvalue weighted by Crippen LogP contribution is 2.33. The number of anilines is 1. The topological polar surface area (TPSA) is 107 Å². The Labute approximate surface area is 193 Å². The van der Waals surface area contributed by atoms with Crippen molar-refractivity contribution in [2.45, 2.75) is 16.7 Å². The SMILES string of the molecule is Cc1cc(=O)c(C(=O)Nc2ccccc2Sc2ccccc2)nn1-c1ccccc1[N+](=O)[O-]. The molecule has 0 saturated heterocycles. The van der Waals surface area contributed by atoms with Gasteiger partial charge in [0.25, 0.3) is 11.6 Å². The Bertz CT molecular complexity index is 1400. The number of carbonyl (C=O) groups is 1. The first-order valence-electron chi connectivity index (χ1n) is 9.92. The number of carbonyl (C=O) groups excluding carboxylic acids is 1. The zero-order valence-electron chi connectivity index (χ0n) is 17.5. The van der Waals surface area contributed by atoms with E-state index in [1.165, 1.54) is 40.7 Å². The van der Waals surface area contributed by atoms with E-state index in [4.69, 9.17) is 0 Å². The molecule has 3 aromatic carbocycles. The Morgan fingerprint density at radius 1 is 1.00 bits per heavy atom. The van der Waals surface area contributed by atoms with Crippen LogP contribution in [-0.4, -0.2) is 20.6 Å². The third-order valence-electron chi connectivity index (χ3n) is 4.74. The summed E-state index contributed by atoms with van der Waals surface area (Å²) in [6.07, 6.45) is 0. The molecule has 164 valence electrons. The number of hydrogen-bond donors (Lipinski definition) is 1. The minimum absolute atomic E-state index is 0.161. The van der Waals surface area contributed by atoms with Crippen molar-refractivity contribution in [2.75, 3.05) is 5.32 Å². The molecule has 4 rings (SSSR count). The van der Waals surface area contributed by atoms with Gasteiger partial charge in [0.05, 0.1) is 10.6 Å². The fraction of sp³-hybridized carbons (Fsp3) is 0.0417.